The van der Waals surface area contributed by atoms with E-state index in [4.69, 9.17) is 14.2 Å². The van der Waals surface area contributed by atoms with E-state index >= 15 is 0 Å². The molecule has 0 aromatic heterocycles. The Morgan fingerprint density at radius 3 is 2.31 bits per heavy atom. The van der Waals surface area contributed by atoms with Gasteiger partial charge in [-0.1, -0.05) is 30.3 Å². The van der Waals surface area contributed by atoms with Crippen LogP contribution >= 0.6 is 0 Å². The van der Waals surface area contributed by atoms with Gasteiger partial charge in [0, 0.05) is 11.6 Å². The Morgan fingerprint density at radius 2 is 1.61 bits per heavy atom. The quantitative estimate of drug-likeness (QED) is 0.149. The molecule has 9 nitrogen and oxygen atoms in total. The lowest BCUT2D eigenvalue weighted by atomic mass is 10.2. The van der Waals surface area contributed by atoms with E-state index in [2.05, 4.69) is 15.8 Å². The van der Waals surface area contributed by atoms with Crippen LogP contribution in [0.1, 0.15) is 21.5 Å². The third kappa shape index (κ3) is 7.84. The number of amides is 2. The number of carbonyl (C=O) groups is 3. The molecule has 3 rings (SSSR count). The number of rotatable bonds is 10. The molecule has 0 fully saturated rings. The van der Waals surface area contributed by atoms with E-state index in [0.717, 1.165) is 5.56 Å². The average molecular weight is 488 g/mol. The first kappa shape index (κ1) is 25.7. The smallest absolute Gasteiger partial charge is 0.336 e. The van der Waals surface area contributed by atoms with E-state index in [9.17, 15) is 14.4 Å². The highest BCUT2D eigenvalue weighted by Crippen LogP contribution is 2.27. The Hall–Kier alpha value is -4.92. The van der Waals surface area contributed by atoms with Crippen LogP contribution in [0.2, 0.25) is 0 Å². The van der Waals surface area contributed by atoms with E-state index in [0.29, 0.717) is 22.6 Å². The van der Waals surface area contributed by atoms with E-state index in [1.807, 2.05) is 30.3 Å². The minimum Gasteiger partial charge on any atom is -0.497 e. The maximum absolute atomic E-state index is 12.1. The highest BCUT2D eigenvalue weighted by atomic mass is 16.6. The molecular formula is C27H25N3O6. The van der Waals surface area contributed by atoms with E-state index in [1.165, 1.54) is 26.5 Å². The molecule has 3 aromatic rings. The van der Waals surface area contributed by atoms with Crippen molar-refractivity contribution in [2.24, 2.45) is 5.10 Å². The molecule has 9 heteroatoms. The van der Waals surface area contributed by atoms with Crippen molar-refractivity contribution >= 4 is 30.1 Å². The summed E-state index contributed by atoms with van der Waals surface area (Å²) in [7, 11) is 2.98. The van der Waals surface area contributed by atoms with Gasteiger partial charge in [0.05, 0.1) is 27.0 Å². The van der Waals surface area contributed by atoms with Gasteiger partial charge in [-0.05, 0) is 59.7 Å². The van der Waals surface area contributed by atoms with Gasteiger partial charge in [0.1, 0.15) is 5.75 Å². The van der Waals surface area contributed by atoms with Crippen molar-refractivity contribution in [1.29, 1.82) is 0 Å². The molecule has 0 aliphatic rings. The van der Waals surface area contributed by atoms with Crippen molar-refractivity contribution in [2.75, 3.05) is 20.8 Å². The molecule has 0 bridgehead atoms. The first-order valence-corrected chi connectivity index (χ1v) is 10.9. The zero-order valence-electron chi connectivity index (χ0n) is 19.8. The number of hydrogen-bond donors (Lipinski definition) is 2. The van der Waals surface area contributed by atoms with Crippen molar-refractivity contribution in [3.8, 4) is 17.2 Å². The molecule has 0 spiro atoms. The Labute approximate surface area is 208 Å². The predicted octanol–water partition coefficient (Wildman–Crippen LogP) is 3.20. The third-order valence-corrected chi connectivity index (χ3v) is 4.77. The minimum absolute atomic E-state index is 0.239. The SMILES string of the molecule is COc1ccc(C(=O)NCC(=O)N/N=C/c2ccc(OC(=O)/C=C/c3ccccc3)c(OC)c2)cc1. The number of carbonyl (C=O) groups excluding carboxylic acids is 3. The number of benzene rings is 3. The highest BCUT2D eigenvalue weighted by Gasteiger charge is 2.10. The minimum atomic E-state index is -0.553. The lowest BCUT2D eigenvalue weighted by Gasteiger charge is -2.08. The number of nitrogens with zero attached hydrogens (tertiary/aromatic N) is 1. The summed E-state index contributed by atoms with van der Waals surface area (Å²) in [6, 6.07) is 20.7. The monoisotopic (exact) mass is 487 g/mol. The molecular weight excluding hydrogens is 462 g/mol. The van der Waals surface area contributed by atoms with Gasteiger partial charge in [0.2, 0.25) is 0 Å². The molecule has 0 unspecified atom stereocenters. The van der Waals surface area contributed by atoms with Crippen LogP contribution in [-0.4, -0.2) is 44.8 Å². The van der Waals surface area contributed by atoms with Crippen LogP contribution in [0.4, 0.5) is 0 Å². The molecule has 3 aromatic carbocycles. The fraction of sp³-hybridized carbons (Fsp3) is 0.111. The standard InChI is InChI=1S/C27H25N3O6/c1-34-22-12-10-21(11-13-22)27(33)28-18-25(31)30-29-17-20-8-14-23(24(16-20)35-2)36-26(32)15-9-19-6-4-3-5-7-19/h3-17H,18H2,1-2H3,(H,28,33)(H,30,31)/b15-9+,29-17+. The van der Waals surface area contributed by atoms with Crippen LogP contribution in [0.15, 0.2) is 84.0 Å². The third-order valence-electron chi connectivity index (χ3n) is 4.77. The zero-order chi connectivity index (χ0) is 25.8. The van der Waals surface area contributed by atoms with Crippen LogP contribution in [-0.2, 0) is 9.59 Å². The maximum atomic E-state index is 12.1. The topological polar surface area (TPSA) is 115 Å². The van der Waals surface area contributed by atoms with Gasteiger partial charge in [-0.2, -0.15) is 5.10 Å². The van der Waals surface area contributed by atoms with Crippen LogP contribution in [0.3, 0.4) is 0 Å². The molecule has 0 atom stereocenters. The number of ether oxygens (including phenoxy) is 3. The molecule has 0 aliphatic heterocycles. The summed E-state index contributed by atoms with van der Waals surface area (Å²) in [6.45, 7) is -0.253. The van der Waals surface area contributed by atoms with Crippen LogP contribution < -0.4 is 25.0 Å². The van der Waals surface area contributed by atoms with Gasteiger partial charge < -0.3 is 19.5 Å². The summed E-state index contributed by atoms with van der Waals surface area (Å²) in [5.41, 5.74) is 4.19. The van der Waals surface area contributed by atoms with Crippen LogP contribution in [0.5, 0.6) is 17.2 Å². The summed E-state index contributed by atoms with van der Waals surface area (Å²) in [4.78, 5) is 36.2. The van der Waals surface area contributed by atoms with Crippen molar-refractivity contribution < 1.29 is 28.6 Å². The molecule has 0 saturated carbocycles. The zero-order valence-corrected chi connectivity index (χ0v) is 19.8. The lowest BCUT2D eigenvalue weighted by molar-refractivity contribution is -0.129. The first-order chi connectivity index (χ1) is 17.5. The van der Waals surface area contributed by atoms with Gasteiger partial charge >= 0.3 is 5.97 Å². The molecule has 0 aliphatic carbocycles. The van der Waals surface area contributed by atoms with Gasteiger partial charge in [-0.3, -0.25) is 9.59 Å². The van der Waals surface area contributed by atoms with E-state index in [-0.39, 0.29) is 12.3 Å². The van der Waals surface area contributed by atoms with Crippen LogP contribution in [0.25, 0.3) is 6.08 Å². The van der Waals surface area contributed by atoms with Gasteiger partial charge in [0.15, 0.2) is 11.5 Å². The molecule has 0 heterocycles. The first-order valence-electron chi connectivity index (χ1n) is 10.9. The number of hydrogen-bond acceptors (Lipinski definition) is 7. The van der Waals surface area contributed by atoms with Crippen molar-refractivity contribution in [1.82, 2.24) is 10.7 Å². The Kier molecular flexibility index (Phi) is 9.35. The second-order valence-electron chi connectivity index (χ2n) is 7.28. The maximum Gasteiger partial charge on any atom is 0.336 e. The van der Waals surface area contributed by atoms with Gasteiger partial charge in [-0.25, -0.2) is 10.2 Å². The lowest BCUT2D eigenvalue weighted by Crippen LogP contribution is -2.34. The highest BCUT2D eigenvalue weighted by molar-refractivity contribution is 5.96. The van der Waals surface area contributed by atoms with Crippen LogP contribution in [0, 0.1) is 0 Å². The second-order valence-corrected chi connectivity index (χ2v) is 7.28. The molecule has 2 N–H and O–H groups in total. The fourth-order valence-electron chi connectivity index (χ4n) is 2.94. The largest absolute Gasteiger partial charge is 0.497 e. The van der Waals surface area contributed by atoms with Crippen molar-refractivity contribution in [3.63, 3.8) is 0 Å². The van der Waals surface area contributed by atoms with E-state index < -0.39 is 17.8 Å². The summed E-state index contributed by atoms with van der Waals surface area (Å²) < 4.78 is 15.7. The molecule has 184 valence electrons. The Morgan fingerprint density at radius 1 is 0.861 bits per heavy atom. The summed E-state index contributed by atoms with van der Waals surface area (Å²) in [5, 5.41) is 6.39. The van der Waals surface area contributed by atoms with Crippen molar-refractivity contribution in [2.45, 2.75) is 0 Å². The molecule has 0 saturated heterocycles. The number of hydrazone groups is 1. The summed E-state index contributed by atoms with van der Waals surface area (Å²) in [6.07, 6.45) is 4.37. The fourth-order valence-corrected chi connectivity index (χ4v) is 2.94. The molecule has 0 radical (unpaired) electrons. The van der Waals surface area contributed by atoms with Crippen molar-refractivity contribution in [3.05, 3.63) is 95.6 Å². The Bertz CT molecular complexity index is 1250. The predicted molar refractivity (Wildman–Crippen MR) is 135 cm³/mol. The number of esters is 1. The number of nitrogens with one attached hydrogen (secondary N) is 2. The Balaban J connectivity index is 1.49. The summed E-state index contributed by atoms with van der Waals surface area (Å²) >= 11 is 0. The second kappa shape index (κ2) is 13.1. The normalized spacial score (nSPS) is 10.7. The van der Waals surface area contributed by atoms with Gasteiger partial charge in [0.25, 0.3) is 11.8 Å². The summed E-state index contributed by atoms with van der Waals surface area (Å²) in [5.74, 6) is -0.272. The van der Waals surface area contributed by atoms with Gasteiger partial charge in [-0.15, -0.1) is 0 Å². The molecule has 36 heavy (non-hydrogen) atoms. The molecule has 2 amide bonds. The number of methoxy groups -OCH3 is 2. The average Bonchev–Trinajstić information content (AvgIpc) is 2.92. The van der Waals surface area contributed by atoms with E-state index in [1.54, 1.807) is 48.5 Å².